The first-order valence-electron chi connectivity index (χ1n) is 6.91. The van der Waals surface area contributed by atoms with Gasteiger partial charge in [-0.15, -0.1) is 0 Å². The summed E-state index contributed by atoms with van der Waals surface area (Å²) in [5, 5.41) is 3.33. The molecule has 0 unspecified atom stereocenters. The highest BCUT2D eigenvalue weighted by atomic mass is 15.3. The largest absolute Gasteiger partial charge is 0.333 e. The Hall–Kier alpha value is -0.910. The summed E-state index contributed by atoms with van der Waals surface area (Å²) in [5.41, 5.74) is 0. The molecule has 1 aromatic rings. The lowest BCUT2D eigenvalue weighted by Crippen LogP contribution is -2.45. The zero-order valence-electron chi connectivity index (χ0n) is 11.6. The van der Waals surface area contributed by atoms with Crippen molar-refractivity contribution in [3.63, 3.8) is 0 Å². The van der Waals surface area contributed by atoms with Crippen molar-refractivity contribution in [2.75, 3.05) is 46.3 Å². The lowest BCUT2D eigenvalue weighted by atomic mass is 10.3. The van der Waals surface area contributed by atoms with E-state index in [4.69, 9.17) is 0 Å². The second-order valence-electron chi connectivity index (χ2n) is 4.96. The zero-order valence-corrected chi connectivity index (χ0v) is 11.6. The van der Waals surface area contributed by atoms with Crippen molar-refractivity contribution < 1.29 is 0 Å². The summed E-state index contributed by atoms with van der Waals surface area (Å²) < 4.78 is 2.26. The van der Waals surface area contributed by atoms with Crippen LogP contribution in [0.1, 0.15) is 12.7 Å². The predicted molar refractivity (Wildman–Crippen MR) is 73.5 cm³/mol. The van der Waals surface area contributed by atoms with Crippen LogP contribution >= 0.6 is 0 Å². The molecule has 0 bridgehead atoms. The fraction of sp³-hybridized carbons (Fsp3) is 0.769. The molecule has 0 amide bonds. The predicted octanol–water partition coefficient (Wildman–Crippen LogP) is 0.240. The van der Waals surface area contributed by atoms with Gasteiger partial charge in [-0.05, 0) is 13.6 Å². The van der Waals surface area contributed by atoms with E-state index in [1.165, 1.54) is 26.2 Å². The maximum Gasteiger partial charge on any atom is 0.122 e. The number of aromatic nitrogens is 2. The fourth-order valence-electron chi connectivity index (χ4n) is 2.27. The van der Waals surface area contributed by atoms with E-state index in [1.54, 1.807) is 0 Å². The number of rotatable bonds is 6. The number of likely N-dealkylation sites (N-methyl/N-ethyl adjacent to an activating group) is 1. The fourth-order valence-corrected chi connectivity index (χ4v) is 2.27. The normalized spacial score (nSPS) is 18.3. The van der Waals surface area contributed by atoms with Gasteiger partial charge in [0.25, 0.3) is 0 Å². The van der Waals surface area contributed by atoms with Gasteiger partial charge in [-0.2, -0.15) is 0 Å². The first-order valence-corrected chi connectivity index (χ1v) is 6.91. The molecule has 102 valence electrons. The van der Waals surface area contributed by atoms with Gasteiger partial charge in [0, 0.05) is 51.7 Å². The summed E-state index contributed by atoms with van der Waals surface area (Å²) in [6.45, 7) is 10.9. The molecule has 5 nitrogen and oxygen atoms in total. The average molecular weight is 251 g/mol. The molecule has 18 heavy (non-hydrogen) atoms. The molecule has 0 radical (unpaired) electrons. The van der Waals surface area contributed by atoms with Gasteiger partial charge in [0.2, 0.25) is 0 Å². The third-order valence-corrected chi connectivity index (χ3v) is 3.59. The monoisotopic (exact) mass is 251 g/mol. The van der Waals surface area contributed by atoms with Crippen LogP contribution in [0.3, 0.4) is 0 Å². The molecule has 1 aliphatic heterocycles. The maximum absolute atomic E-state index is 4.40. The van der Waals surface area contributed by atoms with Crippen molar-refractivity contribution in [3.8, 4) is 0 Å². The quantitative estimate of drug-likeness (QED) is 0.786. The molecule has 1 saturated heterocycles. The summed E-state index contributed by atoms with van der Waals surface area (Å²) in [7, 11) is 2.20. The Morgan fingerprint density at radius 1 is 1.22 bits per heavy atom. The number of nitrogens with one attached hydrogen (secondary N) is 1. The molecular formula is C13H25N5. The van der Waals surface area contributed by atoms with E-state index in [-0.39, 0.29) is 0 Å². The summed E-state index contributed by atoms with van der Waals surface area (Å²) in [6, 6.07) is 0. The average Bonchev–Trinajstić information content (AvgIpc) is 2.83. The molecule has 1 N–H and O–H groups in total. The third kappa shape index (κ3) is 3.80. The summed E-state index contributed by atoms with van der Waals surface area (Å²) in [4.78, 5) is 9.34. The van der Waals surface area contributed by atoms with Crippen molar-refractivity contribution in [3.05, 3.63) is 18.2 Å². The number of nitrogens with zero attached hydrogens (tertiary/aromatic N) is 4. The molecule has 0 spiro atoms. The standard InChI is InChI=1S/C13H25N5/c1-3-14-12-13-15-4-5-18(13)11-10-17-8-6-16(2)7-9-17/h4-5,14H,3,6-12H2,1-2H3. The van der Waals surface area contributed by atoms with E-state index >= 15 is 0 Å². The first-order chi connectivity index (χ1) is 8.79. The number of hydrogen-bond donors (Lipinski definition) is 1. The minimum atomic E-state index is 0.867. The smallest absolute Gasteiger partial charge is 0.122 e. The van der Waals surface area contributed by atoms with E-state index < -0.39 is 0 Å². The summed E-state index contributed by atoms with van der Waals surface area (Å²) in [6.07, 6.45) is 3.99. The molecule has 2 heterocycles. The van der Waals surface area contributed by atoms with Crippen LogP contribution in [0.4, 0.5) is 0 Å². The number of piperazine rings is 1. The van der Waals surface area contributed by atoms with E-state index in [2.05, 4.69) is 44.8 Å². The second-order valence-corrected chi connectivity index (χ2v) is 4.96. The van der Waals surface area contributed by atoms with Crippen molar-refractivity contribution in [2.45, 2.75) is 20.0 Å². The molecule has 1 aromatic heterocycles. The highest BCUT2D eigenvalue weighted by Crippen LogP contribution is 2.02. The molecule has 0 aromatic carbocycles. The summed E-state index contributed by atoms with van der Waals surface area (Å²) in [5.74, 6) is 1.14. The van der Waals surface area contributed by atoms with Crippen LogP contribution in [0.2, 0.25) is 0 Å². The van der Waals surface area contributed by atoms with Gasteiger partial charge >= 0.3 is 0 Å². The Bertz CT molecular complexity index is 341. The molecule has 1 fully saturated rings. The maximum atomic E-state index is 4.40. The van der Waals surface area contributed by atoms with E-state index in [0.717, 1.165) is 32.0 Å². The van der Waals surface area contributed by atoms with Gasteiger partial charge < -0.3 is 14.8 Å². The third-order valence-electron chi connectivity index (χ3n) is 3.59. The zero-order chi connectivity index (χ0) is 12.8. The van der Waals surface area contributed by atoms with Gasteiger partial charge in [-0.25, -0.2) is 4.98 Å². The Morgan fingerprint density at radius 2 is 2.00 bits per heavy atom. The van der Waals surface area contributed by atoms with Crippen LogP contribution in [-0.4, -0.2) is 65.7 Å². The Kier molecular flexibility index (Phi) is 5.16. The van der Waals surface area contributed by atoms with E-state index in [9.17, 15) is 0 Å². The molecule has 5 heteroatoms. The van der Waals surface area contributed by atoms with Gasteiger partial charge in [0.05, 0.1) is 6.54 Å². The first kappa shape index (κ1) is 13.5. The van der Waals surface area contributed by atoms with Gasteiger partial charge in [-0.1, -0.05) is 6.92 Å². The minimum Gasteiger partial charge on any atom is -0.333 e. The van der Waals surface area contributed by atoms with Crippen molar-refractivity contribution >= 4 is 0 Å². The molecule has 0 aliphatic carbocycles. The SMILES string of the molecule is CCNCc1nccn1CCN1CCN(C)CC1. The van der Waals surface area contributed by atoms with Crippen molar-refractivity contribution in [1.82, 2.24) is 24.7 Å². The molecule has 1 aliphatic rings. The molecule has 2 rings (SSSR count). The summed E-state index contributed by atoms with van der Waals surface area (Å²) >= 11 is 0. The Morgan fingerprint density at radius 3 is 2.72 bits per heavy atom. The van der Waals surface area contributed by atoms with Crippen LogP contribution in [0, 0.1) is 0 Å². The van der Waals surface area contributed by atoms with Gasteiger partial charge in [0.15, 0.2) is 0 Å². The van der Waals surface area contributed by atoms with Crippen LogP contribution in [0.25, 0.3) is 0 Å². The molecular weight excluding hydrogens is 226 g/mol. The van der Waals surface area contributed by atoms with Crippen LogP contribution in [0.15, 0.2) is 12.4 Å². The van der Waals surface area contributed by atoms with Gasteiger partial charge in [0.1, 0.15) is 5.82 Å². The topological polar surface area (TPSA) is 36.3 Å². The number of imidazole rings is 1. The van der Waals surface area contributed by atoms with Gasteiger partial charge in [-0.3, -0.25) is 4.90 Å². The van der Waals surface area contributed by atoms with Crippen LogP contribution in [-0.2, 0) is 13.1 Å². The second kappa shape index (κ2) is 6.87. The highest BCUT2D eigenvalue weighted by Gasteiger charge is 2.13. The molecule has 0 atom stereocenters. The molecule has 0 saturated carbocycles. The van der Waals surface area contributed by atoms with Crippen LogP contribution < -0.4 is 5.32 Å². The van der Waals surface area contributed by atoms with Crippen molar-refractivity contribution in [1.29, 1.82) is 0 Å². The lowest BCUT2D eigenvalue weighted by Gasteiger charge is -2.32. The lowest BCUT2D eigenvalue weighted by molar-refractivity contribution is 0.149. The minimum absolute atomic E-state index is 0.867. The Labute approximate surface area is 110 Å². The van der Waals surface area contributed by atoms with Crippen molar-refractivity contribution in [2.24, 2.45) is 0 Å². The number of hydrogen-bond acceptors (Lipinski definition) is 4. The van der Waals surface area contributed by atoms with Crippen LogP contribution in [0.5, 0.6) is 0 Å². The Balaban J connectivity index is 1.77. The highest BCUT2D eigenvalue weighted by molar-refractivity contribution is 4.92. The van der Waals surface area contributed by atoms with E-state index in [1.807, 2.05) is 6.20 Å². The van der Waals surface area contributed by atoms with E-state index in [0.29, 0.717) is 0 Å².